The van der Waals surface area contributed by atoms with Crippen LogP contribution in [0.5, 0.6) is 0 Å². The van der Waals surface area contributed by atoms with Gasteiger partial charge in [-0.1, -0.05) is 42.5 Å². The Kier molecular flexibility index (Phi) is 7.47. The van der Waals surface area contributed by atoms with E-state index in [2.05, 4.69) is 35.6 Å². The summed E-state index contributed by atoms with van der Waals surface area (Å²) in [7, 11) is -3.64. The van der Waals surface area contributed by atoms with Crippen molar-refractivity contribution in [3.8, 4) is 0 Å². The molecule has 0 spiro atoms. The van der Waals surface area contributed by atoms with Crippen molar-refractivity contribution in [1.29, 1.82) is 0 Å². The number of nitrogens with zero attached hydrogens (tertiary/aromatic N) is 1. The second kappa shape index (κ2) is 10.9. The van der Waals surface area contributed by atoms with Gasteiger partial charge in [-0.15, -0.1) is 11.8 Å². The Hall–Kier alpha value is -2.77. The first-order chi connectivity index (χ1) is 19.2. The van der Waals surface area contributed by atoms with Gasteiger partial charge in [-0.25, -0.2) is 8.42 Å². The number of benzene rings is 3. The van der Waals surface area contributed by atoms with Crippen LogP contribution < -0.4 is 9.62 Å². The van der Waals surface area contributed by atoms with Gasteiger partial charge in [0.1, 0.15) is 6.54 Å². The van der Waals surface area contributed by atoms with Crippen LogP contribution in [0.1, 0.15) is 55.2 Å². The fourth-order valence-electron chi connectivity index (χ4n) is 7.80. The number of carbonyl (C=O) groups excluding carboxylic acids is 1. The highest BCUT2D eigenvalue weighted by Gasteiger charge is 2.51. The molecule has 7 rings (SSSR count). The van der Waals surface area contributed by atoms with E-state index in [-0.39, 0.29) is 17.9 Å². The summed E-state index contributed by atoms with van der Waals surface area (Å²) in [5.41, 5.74) is 4.95. The van der Waals surface area contributed by atoms with Crippen molar-refractivity contribution in [3.63, 3.8) is 0 Å². The van der Waals surface area contributed by atoms with Crippen molar-refractivity contribution in [1.82, 2.24) is 0 Å². The smallest absolute Gasteiger partial charge is 0.245 e. The molecule has 0 aromatic heterocycles. The van der Waals surface area contributed by atoms with Gasteiger partial charge in [-0.3, -0.25) is 9.10 Å². The first-order valence-electron chi connectivity index (χ1n) is 14.3. The van der Waals surface area contributed by atoms with Gasteiger partial charge in [0.25, 0.3) is 0 Å². The van der Waals surface area contributed by atoms with Gasteiger partial charge < -0.3 is 5.32 Å². The van der Waals surface area contributed by atoms with E-state index in [1.54, 1.807) is 11.8 Å². The van der Waals surface area contributed by atoms with Crippen molar-refractivity contribution >= 4 is 39.1 Å². The quantitative estimate of drug-likeness (QED) is 0.276. The molecule has 0 atom stereocenters. The summed E-state index contributed by atoms with van der Waals surface area (Å²) in [6.45, 7) is 1.70. The molecule has 4 aliphatic carbocycles. The molecule has 3 aromatic rings. The highest BCUT2D eigenvalue weighted by molar-refractivity contribution is 7.98. The molecule has 3 aromatic carbocycles. The van der Waals surface area contributed by atoms with Crippen LogP contribution in [-0.2, 0) is 26.0 Å². The molecule has 4 bridgehead atoms. The normalized spacial score (nSPS) is 25.1. The minimum absolute atomic E-state index is 0.254. The average Bonchev–Trinajstić information content (AvgIpc) is 2.91. The molecule has 0 aliphatic heterocycles. The van der Waals surface area contributed by atoms with Crippen molar-refractivity contribution in [3.05, 3.63) is 89.5 Å². The van der Waals surface area contributed by atoms with E-state index in [0.29, 0.717) is 11.4 Å². The van der Waals surface area contributed by atoms with Crippen molar-refractivity contribution in [2.24, 2.45) is 17.8 Å². The van der Waals surface area contributed by atoms with Gasteiger partial charge >= 0.3 is 0 Å². The van der Waals surface area contributed by atoms with Crippen LogP contribution in [0.2, 0.25) is 0 Å². The number of rotatable bonds is 9. The van der Waals surface area contributed by atoms with E-state index in [9.17, 15) is 13.2 Å². The fraction of sp³-hybridized carbons (Fsp3) is 0.424. The van der Waals surface area contributed by atoms with Crippen LogP contribution in [0, 0.1) is 24.7 Å². The monoisotopic (exact) mass is 574 g/mol. The molecule has 4 fully saturated rings. The molecular formula is C33H38N2O3S2. The van der Waals surface area contributed by atoms with E-state index < -0.39 is 10.0 Å². The van der Waals surface area contributed by atoms with E-state index >= 15 is 0 Å². The van der Waals surface area contributed by atoms with Gasteiger partial charge in [0.05, 0.1) is 11.9 Å². The second-order valence-corrected chi connectivity index (χ2v) is 15.3. The minimum Gasteiger partial charge on any atom is -0.324 e. The van der Waals surface area contributed by atoms with E-state index in [1.807, 2.05) is 49.4 Å². The Morgan fingerprint density at radius 2 is 1.55 bits per heavy atom. The fourth-order valence-corrected chi connectivity index (χ4v) is 9.52. The summed E-state index contributed by atoms with van der Waals surface area (Å²) in [6.07, 6.45) is 9.13. The highest BCUT2D eigenvalue weighted by atomic mass is 32.2. The van der Waals surface area contributed by atoms with E-state index in [1.165, 1.54) is 58.9 Å². The van der Waals surface area contributed by atoms with Gasteiger partial charge in [0.15, 0.2) is 0 Å². The molecule has 210 valence electrons. The number of hydrogen-bond donors (Lipinski definition) is 1. The summed E-state index contributed by atoms with van der Waals surface area (Å²) < 4.78 is 26.8. The van der Waals surface area contributed by atoms with Crippen molar-refractivity contribution < 1.29 is 13.2 Å². The Morgan fingerprint density at radius 3 is 2.12 bits per heavy atom. The van der Waals surface area contributed by atoms with Gasteiger partial charge in [-0.2, -0.15) is 0 Å². The van der Waals surface area contributed by atoms with Crippen molar-refractivity contribution in [2.75, 3.05) is 22.4 Å². The molecule has 1 amide bonds. The topological polar surface area (TPSA) is 66.5 Å². The molecule has 1 N–H and O–H groups in total. The van der Waals surface area contributed by atoms with E-state index in [0.717, 1.165) is 35.3 Å². The Bertz CT molecular complexity index is 1450. The zero-order valence-electron chi connectivity index (χ0n) is 23.3. The third-order valence-corrected chi connectivity index (χ3v) is 11.4. The Labute approximate surface area is 242 Å². The average molecular weight is 575 g/mol. The number of amides is 1. The predicted molar refractivity (Wildman–Crippen MR) is 164 cm³/mol. The first kappa shape index (κ1) is 27.4. The van der Waals surface area contributed by atoms with E-state index in [4.69, 9.17) is 0 Å². The molecular weight excluding hydrogens is 537 g/mol. The lowest BCUT2D eigenvalue weighted by molar-refractivity contribution is -0.114. The predicted octanol–water partition coefficient (Wildman–Crippen LogP) is 7.16. The SMILES string of the molecule is Cc1cc(CSc2ccccc2)ccc1NC(=O)CN(c1ccc(C23CC4CC(CC(C4)C2)C3)cc1)S(C)(=O)=O. The maximum absolute atomic E-state index is 13.1. The summed E-state index contributed by atoms with van der Waals surface area (Å²) in [4.78, 5) is 14.3. The van der Waals surface area contributed by atoms with Gasteiger partial charge in [0, 0.05) is 16.3 Å². The van der Waals surface area contributed by atoms with Crippen LogP contribution in [0.3, 0.4) is 0 Å². The number of anilines is 2. The summed E-state index contributed by atoms with van der Waals surface area (Å²) >= 11 is 1.77. The molecule has 40 heavy (non-hydrogen) atoms. The van der Waals surface area contributed by atoms with Crippen LogP contribution in [-0.4, -0.2) is 27.1 Å². The van der Waals surface area contributed by atoms with Crippen LogP contribution in [0.4, 0.5) is 11.4 Å². The Balaban J connectivity index is 1.12. The van der Waals surface area contributed by atoms with Crippen molar-refractivity contribution in [2.45, 2.75) is 61.5 Å². The number of nitrogens with one attached hydrogen (secondary N) is 1. The molecule has 5 nitrogen and oxygen atoms in total. The molecule has 7 heteroatoms. The standard InChI is InChI=1S/C33H38N2O3S2/c1-23-14-24(22-39-30-6-4-3-5-7-30)8-13-31(23)34-32(36)21-35(40(2,37)38)29-11-9-28(10-12-29)33-18-25-15-26(19-33)17-27(16-25)20-33/h3-14,25-27H,15-22H2,1-2H3,(H,34,36). The van der Waals surface area contributed by atoms with Gasteiger partial charge in [-0.05, 0) is 116 Å². The third-order valence-electron chi connectivity index (χ3n) is 9.21. The number of sulfonamides is 1. The van der Waals surface area contributed by atoms with Crippen LogP contribution >= 0.6 is 11.8 Å². The second-order valence-electron chi connectivity index (χ2n) is 12.3. The molecule has 0 radical (unpaired) electrons. The third kappa shape index (κ3) is 5.82. The summed E-state index contributed by atoms with van der Waals surface area (Å²) in [5, 5.41) is 2.93. The van der Waals surface area contributed by atoms with Crippen LogP contribution in [0.15, 0.2) is 77.7 Å². The number of thioether (sulfide) groups is 1. The maximum atomic E-state index is 13.1. The highest BCUT2D eigenvalue weighted by Crippen LogP contribution is 2.60. The largest absolute Gasteiger partial charge is 0.324 e. The zero-order chi connectivity index (χ0) is 27.9. The Morgan fingerprint density at radius 1 is 0.925 bits per heavy atom. The maximum Gasteiger partial charge on any atom is 0.245 e. The molecule has 0 saturated heterocycles. The molecule has 4 aliphatic rings. The molecule has 4 saturated carbocycles. The lowest BCUT2D eigenvalue weighted by atomic mass is 9.48. The number of carbonyl (C=O) groups is 1. The van der Waals surface area contributed by atoms with Gasteiger partial charge in [0.2, 0.25) is 15.9 Å². The minimum atomic E-state index is -3.64. The lowest BCUT2D eigenvalue weighted by Crippen LogP contribution is -2.48. The first-order valence-corrected chi connectivity index (χ1v) is 17.2. The molecule has 0 unspecified atom stereocenters. The molecule has 0 heterocycles. The number of aryl methyl sites for hydroxylation is 1. The lowest BCUT2D eigenvalue weighted by Gasteiger charge is -2.57. The number of hydrogen-bond acceptors (Lipinski definition) is 4. The van der Waals surface area contributed by atoms with Crippen LogP contribution in [0.25, 0.3) is 0 Å². The summed E-state index contributed by atoms with van der Waals surface area (Å²) in [5.74, 6) is 3.03. The summed E-state index contributed by atoms with van der Waals surface area (Å²) in [6, 6.07) is 24.3. The zero-order valence-corrected chi connectivity index (χ0v) is 24.9.